The Hall–Kier alpha value is -2.66. The normalized spacial score (nSPS) is 15.0. The fourth-order valence-electron chi connectivity index (χ4n) is 3.07. The van der Waals surface area contributed by atoms with E-state index in [4.69, 9.17) is 4.42 Å². The van der Waals surface area contributed by atoms with Crippen molar-refractivity contribution in [1.29, 1.82) is 0 Å². The molecule has 0 saturated carbocycles. The third kappa shape index (κ3) is 2.67. The number of fused-ring (bicyclic) bond motifs is 1. The van der Waals surface area contributed by atoms with Crippen molar-refractivity contribution in [2.75, 3.05) is 26.2 Å². The number of aryl methyl sites for hydroxylation is 1. The third-order valence-electron chi connectivity index (χ3n) is 4.36. The Kier molecular flexibility index (Phi) is 3.78. The zero-order valence-electron chi connectivity index (χ0n) is 13.6. The molecule has 24 heavy (non-hydrogen) atoms. The molecule has 0 bridgehead atoms. The molecule has 1 aliphatic rings. The number of carbonyl (C=O) groups excluding carboxylic acids is 1. The average Bonchev–Trinajstić information content (AvgIpc) is 3.07. The fraction of sp³-hybridized carbons (Fsp3) is 0.263. The van der Waals surface area contributed by atoms with E-state index in [1.54, 1.807) is 0 Å². The van der Waals surface area contributed by atoms with Crippen LogP contribution in [0.1, 0.15) is 15.9 Å². The molecule has 4 rings (SSSR count). The molecule has 2 heterocycles. The van der Waals surface area contributed by atoms with E-state index in [0.29, 0.717) is 17.0 Å². The molecular weight excluding hydrogens is 302 g/mol. The minimum atomic E-state index is 0.0548. The summed E-state index contributed by atoms with van der Waals surface area (Å²) in [5.41, 5.74) is 4.02. The van der Waals surface area contributed by atoms with Crippen LogP contribution in [0.3, 0.4) is 0 Å². The van der Waals surface area contributed by atoms with Crippen LogP contribution in [-0.2, 0) is 0 Å². The molecule has 1 aromatic heterocycles. The quantitative estimate of drug-likeness (QED) is 0.788. The van der Waals surface area contributed by atoms with Gasteiger partial charge in [-0.05, 0) is 36.8 Å². The van der Waals surface area contributed by atoms with Gasteiger partial charge in [0.2, 0.25) is 5.89 Å². The second-order valence-corrected chi connectivity index (χ2v) is 6.07. The molecule has 1 aliphatic heterocycles. The summed E-state index contributed by atoms with van der Waals surface area (Å²) >= 11 is 0. The topological polar surface area (TPSA) is 58.4 Å². The van der Waals surface area contributed by atoms with Gasteiger partial charge in [0.25, 0.3) is 5.91 Å². The van der Waals surface area contributed by atoms with E-state index in [9.17, 15) is 4.79 Å². The summed E-state index contributed by atoms with van der Waals surface area (Å²) in [5.74, 6) is 0.639. The SMILES string of the molecule is Cc1cc(C(=O)N2CCNCC2)cc2oc(-c3ccccc3)nc12. The molecule has 5 nitrogen and oxygen atoms in total. The lowest BCUT2D eigenvalue weighted by Crippen LogP contribution is -2.46. The van der Waals surface area contributed by atoms with Crippen molar-refractivity contribution >= 4 is 17.0 Å². The number of rotatable bonds is 2. The number of hydrogen-bond donors (Lipinski definition) is 1. The summed E-state index contributed by atoms with van der Waals surface area (Å²) in [6.45, 7) is 5.12. The lowest BCUT2D eigenvalue weighted by Gasteiger charge is -2.27. The Morgan fingerprint density at radius 3 is 2.67 bits per heavy atom. The van der Waals surface area contributed by atoms with Gasteiger partial charge in [-0.25, -0.2) is 4.98 Å². The van der Waals surface area contributed by atoms with Crippen molar-refractivity contribution in [1.82, 2.24) is 15.2 Å². The van der Waals surface area contributed by atoms with E-state index >= 15 is 0 Å². The number of aromatic nitrogens is 1. The summed E-state index contributed by atoms with van der Waals surface area (Å²) in [6, 6.07) is 13.5. The van der Waals surface area contributed by atoms with Gasteiger partial charge in [0.05, 0.1) is 0 Å². The van der Waals surface area contributed by atoms with Crippen molar-refractivity contribution in [3.63, 3.8) is 0 Å². The number of benzene rings is 2. The molecular formula is C19H19N3O2. The molecule has 2 aromatic carbocycles. The van der Waals surface area contributed by atoms with Crippen LogP contribution >= 0.6 is 0 Å². The standard InChI is InChI=1S/C19H19N3O2/c1-13-11-15(19(23)22-9-7-20-8-10-22)12-16-17(13)21-18(24-16)14-5-3-2-4-6-14/h2-6,11-12,20H,7-10H2,1H3. The molecule has 1 N–H and O–H groups in total. The van der Waals surface area contributed by atoms with E-state index in [2.05, 4.69) is 10.3 Å². The summed E-state index contributed by atoms with van der Waals surface area (Å²) in [6.07, 6.45) is 0. The van der Waals surface area contributed by atoms with Gasteiger partial charge < -0.3 is 14.6 Å². The van der Waals surface area contributed by atoms with Crippen molar-refractivity contribution in [2.24, 2.45) is 0 Å². The Morgan fingerprint density at radius 2 is 1.92 bits per heavy atom. The lowest BCUT2D eigenvalue weighted by molar-refractivity contribution is 0.0736. The first kappa shape index (κ1) is 14.9. The number of amides is 1. The van der Waals surface area contributed by atoms with Gasteiger partial charge >= 0.3 is 0 Å². The molecule has 5 heteroatoms. The van der Waals surface area contributed by atoms with Gasteiger partial charge in [0, 0.05) is 37.3 Å². The smallest absolute Gasteiger partial charge is 0.254 e. The van der Waals surface area contributed by atoms with Crippen LogP contribution < -0.4 is 5.32 Å². The minimum absolute atomic E-state index is 0.0548. The van der Waals surface area contributed by atoms with Crippen molar-refractivity contribution < 1.29 is 9.21 Å². The molecule has 3 aromatic rings. The van der Waals surface area contributed by atoms with Crippen molar-refractivity contribution in [2.45, 2.75) is 6.92 Å². The molecule has 1 amide bonds. The van der Waals surface area contributed by atoms with E-state index in [1.807, 2.05) is 54.3 Å². The van der Waals surface area contributed by atoms with E-state index in [0.717, 1.165) is 42.8 Å². The Balaban J connectivity index is 1.72. The van der Waals surface area contributed by atoms with Gasteiger partial charge in [-0.15, -0.1) is 0 Å². The fourth-order valence-corrected chi connectivity index (χ4v) is 3.07. The molecule has 0 radical (unpaired) electrons. The summed E-state index contributed by atoms with van der Waals surface area (Å²) in [4.78, 5) is 19.2. The van der Waals surface area contributed by atoms with Gasteiger partial charge in [0.1, 0.15) is 5.52 Å². The maximum Gasteiger partial charge on any atom is 0.254 e. The van der Waals surface area contributed by atoms with E-state index in [-0.39, 0.29) is 5.91 Å². The number of piperazine rings is 1. The van der Waals surface area contributed by atoms with Crippen molar-refractivity contribution in [3.8, 4) is 11.5 Å². The zero-order chi connectivity index (χ0) is 16.5. The van der Waals surface area contributed by atoms with Crippen LogP contribution in [0.4, 0.5) is 0 Å². The Bertz CT molecular complexity index is 880. The molecule has 0 spiro atoms. The largest absolute Gasteiger partial charge is 0.436 e. The highest BCUT2D eigenvalue weighted by Gasteiger charge is 2.20. The summed E-state index contributed by atoms with van der Waals surface area (Å²) in [5, 5.41) is 3.26. The first-order valence-electron chi connectivity index (χ1n) is 8.19. The number of hydrogen-bond acceptors (Lipinski definition) is 4. The molecule has 0 atom stereocenters. The summed E-state index contributed by atoms with van der Waals surface area (Å²) in [7, 11) is 0. The molecule has 1 saturated heterocycles. The summed E-state index contributed by atoms with van der Waals surface area (Å²) < 4.78 is 5.92. The maximum atomic E-state index is 12.7. The second-order valence-electron chi connectivity index (χ2n) is 6.07. The van der Waals surface area contributed by atoms with E-state index in [1.165, 1.54) is 0 Å². The van der Waals surface area contributed by atoms with E-state index < -0.39 is 0 Å². The molecule has 0 aliphatic carbocycles. The average molecular weight is 321 g/mol. The predicted molar refractivity (Wildman–Crippen MR) is 93.0 cm³/mol. The monoisotopic (exact) mass is 321 g/mol. The van der Waals surface area contributed by atoms with Crippen LogP contribution in [0.25, 0.3) is 22.6 Å². The number of oxazole rings is 1. The minimum Gasteiger partial charge on any atom is -0.436 e. The zero-order valence-corrected chi connectivity index (χ0v) is 13.6. The highest BCUT2D eigenvalue weighted by molar-refractivity contribution is 5.98. The van der Waals surface area contributed by atoms with Gasteiger partial charge in [-0.2, -0.15) is 0 Å². The van der Waals surface area contributed by atoms with Crippen LogP contribution in [0.15, 0.2) is 46.9 Å². The molecule has 1 fully saturated rings. The Morgan fingerprint density at radius 1 is 1.17 bits per heavy atom. The molecule has 0 unspecified atom stereocenters. The first-order valence-corrected chi connectivity index (χ1v) is 8.19. The van der Waals surface area contributed by atoms with Gasteiger partial charge in [-0.1, -0.05) is 18.2 Å². The van der Waals surface area contributed by atoms with Crippen molar-refractivity contribution in [3.05, 3.63) is 53.6 Å². The number of nitrogens with zero attached hydrogens (tertiary/aromatic N) is 2. The van der Waals surface area contributed by atoms with Crippen LogP contribution in [0.2, 0.25) is 0 Å². The van der Waals surface area contributed by atoms with Gasteiger partial charge in [0.15, 0.2) is 5.58 Å². The van der Waals surface area contributed by atoms with Crippen LogP contribution in [-0.4, -0.2) is 42.0 Å². The highest BCUT2D eigenvalue weighted by atomic mass is 16.3. The third-order valence-corrected chi connectivity index (χ3v) is 4.36. The number of carbonyl (C=O) groups is 1. The number of nitrogens with one attached hydrogen (secondary N) is 1. The van der Waals surface area contributed by atoms with Crippen LogP contribution in [0.5, 0.6) is 0 Å². The highest BCUT2D eigenvalue weighted by Crippen LogP contribution is 2.27. The second kappa shape index (κ2) is 6.09. The first-order chi connectivity index (χ1) is 11.7. The molecule has 122 valence electrons. The maximum absolute atomic E-state index is 12.7. The van der Waals surface area contributed by atoms with Crippen LogP contribution in [0, 0.1) is 6.92 Å². The van der Waals surface area contributed by atoms with Gasteiger partial charge in [-0.3, -0.25) is 4.79 Å². The lowest BCUT2D eigenvalue weighted by atomic mass is 10.1. The Labute approximate surface area is 140 Å². The predicted octanol–water partition coefficient (Wildman–Crippen LogP) is 2.85.